The predicted octanol–water partition coefficient (Wildman–Crippen LogP) is 7.16. The highest BCUT2D eigenvalue weighted by Gasteiger charge is 2.19. The van der Waals surface area contributed by atoms with Crippen LogP contribution in [0.2, 0.25) is 0 Å². The van der Waals surface area contributed by atoms with Crippen molar-refractivity contribution in [3.05, 3.63) is 102 Å². The highest BCUT2D eigenvalue weighted by atomic mass is 32.1. The number of nitrogens with zero attached hydrogens (tertiary/aromatic N) is 2. The lowest BCUT2D eigenvalue weighted by molar-refractivity contribution is 0.102. The maximum atomic E-state index is 13.5. The van der Waals surface area contributed by atoms with E-state index < -0.39 is 0 Å². The highest BCUT2D eigenvalue weighted by Crippen LogP contribution is 2.37. The molecule has 7 heteroatoms. The van der Waals surface area contributed by atoms with E-state index in [4.69, 9.17) is 19.4 Å². The van der Waals surface area contributed by atoms with Crippen molar-refractivity contribution < 1.29 is 14.3 Å². The third-order valence-corrected chi connectivity index (χ3v) is 7.18. The molecule has 0 spiro atoms. The maximum absolute atomic E-state index is 13.5. The number of benzene rings is 4. The van der Waals surface area contributed by atoms with E-state index in [9.17, 15) is 4.79 Å². The van der Waals surface area contributed by atoms with Crippen molar-refractivity contribution in [2.45, 2.75) is 0 Å². The quantitative estimate of drug-likeness (QED) is 0.277. The summed E-state index contributed by atoms with van der Waals surface area (Å²) >= 11 is 1.41. The van der Waals surface area contributed by atoms with Gasteiger partial charge in [0.2, 0.25) is 6.79 Å². The molecule has 3 heterocycles. The summed E-state index contributed by atoms with van der Waals surface area (Å²) in [7, 11) is 0. The van der Waals surface area contributed by atoms with Gasteiger partial charge in [0.05, 0.1) is 22.5 Å². The molecular formula is C30H19N3O3S. The minimum atomic E-state index is -0.237. The summed E-state index contributed by atoms with van der Waals surface area (Å²) in [6, 6.07) is 29.5. The lowest BCUT2D eigenvalue weighted by Gasteiger charge is -2.10. The summed E-state index contributed by atoms with van der Waals surface area (Å²) in [5.41, 5.74) is 4.65. The number of hydrogen-bond acceptors (Lipinski definition) is 6. The fourth-order valence-corrected chi connectivity index (χ4v) is 5.34. The summed E-state index contributed by atoms with van der Waals surface area (Å²) in [5.74, 6) is 1.13. The first kappa shape index (κ1) is 21.5. The van der Waals surface area contributed by atoms with Crippen LogP contribution in [0.3, 0.4) is 0 Å². The average Bonchev–Trinajstić information content (AvgIpc) is 3.61. The van der Waals surface area contributed by atoms with E-state index in [0.717, 1.165) is 38.5 Å². The third kappa shape index (κ3) is 3.86. The monoisotopic (exact) mass is 501 g/mol. The molecule has 0 atom stereocenters. The molecule has 0 radical (unpaired) electrons. The number of thiazole rings is 1. The molecule has 6 aromatic rings. The van der Waals surface area contributed by atoms with Gasteiger partial charge in [-0.15, -0.1) is 11.3 Å². The fourth-order valence-electron chi connectivity index (χ4n) is 4.64. The van der Waals surface area contributed by atoms with Crippen molar-refractivity contribution in [2.75, 3.05) is 12.1 Å². The number of carbonyl (C=O) groups excluding carboxylic acids is 1. The Morgan fingerprint density at radius 3 is 2.54 bits per heavy atom. The van der Waals surface area contributed by atoms with Gasteiger partial charge < -0.3 is 9.47 Å². The molecule has 7 rings (SSSR count). The van der Waals surface area contributed by atoms with Crippen LogP contribution in [-0.2, 0) is 0 Å². The van der Waals surface area contributed by atoms with Crippen molar-refractivity contribution >= 4 is 44.1 Å². The molecule has 0 bridgehead atoms. The Morgan fingerprint density at radius 1 is 0.784 bits per heavy atom. The normalized spacial score (nSPS) is 12.2. The molecule has 1 N–H and O–H groups in total. The van der Waals surface area contributed by atoms with E-state index in [1.165, 1.54) is 11.3 Å². The molecule has 1 amide bonds. The number of aromatic nitrogens is 2. The van der Waals surface area contributed by atoms with Gasteiger partial charge in [-0.05, 0) is 41.1 Å². The summed E-state index contributed by atoms with van der Waals surface area (Å²) in [5, 5.41) is 8.57. The summed E-state index contributed by atoms with van der Waals surface area (Å²) in [4.78, 5) is 23.1. The van der Waals surface area contributed by atoms with Crippen molar-refractivity contribution in [3.8, 4) is 34.0 Å². The Kier molecular flexibility index (Phi) is 5.08. The van der Waals surface area contributed by atoms with Crippen LogP contribution >= 0.6 is 11.3 Å². The molecule has 37 heavy (non-hydrogen) atoms. The average molecular weight is 502 g/mol. The van der Waals surface area contributed by atoms with Crippen molar-refractivity contribution in [1.29, 1.82) is 0 Å². The number of ether oxygens (including phenoxy) is 2. The van der Waals surface area contributed by atoms with Crippen LogP contribution in [0.1, 0.15) is 10.4 Å². The summed E-state index contributed by atoms with van der Waals surface area (Å²) in [6.07, 6.45) is 0. The molecule has 0 unspecified atom stereocenters. The fraction of sp³-hybridized carbons (Fsp3) is 0.0333. The van der Waals surface area contributed by atoms with Crippen molar-refractivity contribution in [2.24, 2.45) is 0 Å². The van der Waals surface area contributed by atoms with E-state index >= 15 is 0 Å². The molecule has 0 saturated carbocycles. The van der Waals surface area contributed by atoms with Crippen LogP contribution in [0.25, 0.3) is 44.2 Å². The van der Waals surface area contributed by atoms with Gasteiger partial charge in [-0.3, -0.25) is 10.1 Å². The molecule has 2 aromatic heterocycles. The minimum Gasteiger partial charge on any atom is -0.454 e. The molecule has 0 aliphatic carbocycles. The van der Waals surface area contributed by atoms with Gasteiger partial charge in [-0.25, -0.2) is 9.97 Å². The zero-order valence-electron chi connectivity index (χ0n) is 19.5. The van der Waals surface area contributed by atoms with Crippen LogP contribution in [0.15, 0.2) is 96.4 Å². The van der Waals surface area contributed by atoms with Crippen LogP contribution in [0.5, 0.6) is 11.5 Å². The predicted molar refractivity (Wildman–Crippen MR) is 146 cm³/mol. The Labute approximate surface area is 216 Å². The third-order valence-electron chi connectivity index (χ3n) is 6.42. The van der Waals surface area contributed by atoms with E-state index in [-0.39, 0.29) is 12.7 Å². The first-order valence-electron chi connectivity index (χ1n) is 11.8. The summed E-state index contributed by atoms with van der Waals surface area (Å²) < 4.78 is 11.0. The van der Waals surface area contributed by atoms with Gasteiger partial charge in [0, 0.05) is 21.9 Å². The molecule has 1 aliphatic rings. The Hall–Kier alpha value is -4.75. The molecule has 6 nitrogen and oxygen atoms in total. The number of hydrogen-bond donors (Lipinski definition) is 1. The van der Waals surface area contributed by atoms with Gasteiger partial charge in [0.15, 0.2) is 16.6 Å². The number of nitrogens with one attached hydrogen (secondary N) is 1. The molecule has 1 aliphatic heterocycles. The molecule has 0 saturated heterocycles. The second-order valence-electron chi connectivity index (χ2n) is 8.66. The van der Waals surface area contributed by atoms with Gasteiger partial charge >= 0.3 is 0 Å². The van der Waals surface area contributed by atoms with Crippen molar-refractivity contribution in [3.63, 3.8) is 0 Å². The lowest BCUT2D eigenvalue weighted by Crippen LogP contribution is -2.13. The topological polar surface area (TPSA) is 73.3 Å². The zero-order valence-corrected chi connectivity index (χ0v) is 20.3. The van der Waals surface area contributed by atoms with E-state index in [0.29, 0.717) is 27.9 Å². The van der Waals surface area contributed by atoms with Gasteiger partial charge in [0.1, 0.15) is 0 Å². The standard InChI is InChI=1S/C30H19N3O3S/c34-29(33-30-32-26(16-37-30)21-10-5-7-18-6-1-2-8-20(18)21)23-15-25(31-24-11-4-3-9-22(23)24)19-12-13-27-28(14-19)36-17-35-27/h1-16H,17H2,(H,32,33,34). The van der Waals surface area contributed by atoms with Crippen LogP contribution in [0, 0.1) is 0 Å². The number of pyridine rings is 1. The first-order chi connectivity index (χ1) is 18.2. The Bertz CT molecular complexity index is 1820. The van der Waals surface area contributed by atoms with Crippen LogP contribution in [0.4, 0.5) is 5.13 Å². The molecule has 0 fully saturated rings. The highest BCUT2D eigenvalue weighted by molar-refractivity contribution is 7.14. The second kappa shape index (κ2) is 8.72. The number of amides is 1. The van der Waals surface area contributed by atoms with Crippen LogP contribution < -0.4 is 14.8 Å². The van der Waals surface area contributed by atoms with Gasteiger partial charge in [0.25, 0.3) is 5.91 Å². The largest absolute Gasteiger partial charge is 0.454 e. The van der Waals surface area contributed by atoms with Gasteiger partial charge in [-0.1, -0.05) is 60.7 Å². The second-order valence-corrected chi connectivity index (χ2v) is 9.52. The van der Waals surface area contributed by atoms with Crippen LogP contribution in [-0.4, -0.2) is 22.7 Å². The SMILES string of the molecule is O=C(Nc1nc(-c2cccc3ccccc23)cs1)c1cc(-c2ccc3c(c2)OCO3)nc2ccccc12. The van der Waals surface area contributed by atoms with Gasteiger partial charge in [-0.2, -0.15) is 0 Å². The maximum Gasteiger partial charge on any atom is 0.258 e. The number of fused-ring (bicyclic) bond motifs is 3. The molecule has 178 valence electrons. The van der Waals surface area contributed by atoms with E-state index in [1.54, 1.807) is 0 Å². The number of rotatable bonds is 4. The van der Waals surface area contributed by atoms with E-state index in [2.05, 4.69) is 29.6 Å². The van der Waals surface area contributed by atoms with E-state index in [1.807, 2.05) is 72.1 Å². The Morgan fingerprint density at radius 2 is 1.59 bits per heavy atom. The van der Waals surface area contributed by atoms with Crippen molar-refractivity contribution in [1.82, 2.24) is 9.97 Å². The molecular weight excluding hydrogens is 482 g/mol. The Balaban J connectivity index is 1.24. The summed E-state index contributed by atoms with van der Waals surface area (Å²) in [6.45, 7) is 0.201. The zero-order chi connectivity index (χ0) is 24.8. The first-order valence-corrected chi connectivity index (χ1v) is 12.7. The number of carbonyl (C=O) groups is 1. The molecule has 4 aromatic carbocycles. The number of anilines is 1. The smallest absolute Gasteiger partial charge is 0.258 e. The minimum absolute atomic E-state index is 0.201. The number of para-hydroxylation sites is 1. The lowest BCUT2D eigenvalue weighted by atomic mass is 10.0.